The van der Waals surface area contributed by atoms with Gasteiger partial charge in [0.1, 0.15) is 17.3 Å². The Morgan fingerprint density at radius 3 is 2.72 bits per heavy atom. The van der Waals surface area contributed by atoms with Crippen molar-refractivity contribution in [3.05, 3.63) is 48.0 Å². The zero-order valence-corrected chi connectivity index (χ0v) is 10.7. The molecule has 1 aromatic carbocycles. The SMILES string of the molecule is COc1ccccc1N=C(C)c1ccnc(C)n1. The molecule has 0 aliphatic carbocycles. The first-order valence-electron chi connectivity index (χ1n) is 5.69. The number of methoxy groups -OCH3 is 1. The third-order valence-electron chi connectivity index (χ3n) is 2.52. The van der Waals surface area contributed by atoms with E-state index in [0.717, 1.165) is 28.7 Å². The monoisotopic (exact) mass is 241 g/mol. The van der Waals surface area contributed by atoms with Gasteiger partial charge in [0, 0.05) is 6.20 Å². The zero-order valence-electron chi connectivity index (χ0n) is 10.7. The summed E-state index contributed by atoms with van der Waals surface area (Å²) < 4.78 is 5.27. The van der Waals surface area contributed by atoms with Gasteiger partial charge in [-0.25, -0.2) is 15.0 Å². The number of nitrogens with zero attached hydrogens (tertiary/aromatic N) is 3. The van der Waals surface area contributed by atoms with E-state index in [4.69, 9.17) is 4.74 Å². The van der Waals surface area contributed by atoms with Crippen molar-refractivity contribution in [2.45, 2.75) is 13.8 Å². The van der Waals surface area contributed by atoms with E-state index in [0.29, 0.717) is 0 Å². The summed E-state index contributed by atoms with van der Waals surface area (Å²) in [6, 6.07) is 9.50. The molecule has 2 aromatic rings. The second kappa shape index (κ2) is 5.40. The Balaban J connectivity index is 2.38. The number of ether oxygens (including phenoxy) is 1. The number of hydrogen-bond donors (Lipinski definition) is 0. The summed E-state index contributed by atoms with van der Waals surface area (Å²) in [5.41, 5.74) is 2.46. The molecule has 0 saturated carbocycles. The van der Waals surface area contributed by atoms with Gasteiger partial charge in [-0.05, 0) is 32.0 Å². The fourth-order valence-corrected chi connectivity index (χ4v) is 1.62. The molecule has 1 aromatic heterocycles. The number of aliphatic imine (C=N–C) groups is 1. The first-order valence-corrected chi connectivity index (χ1v) is 5.69. The Labute approximate surface area is 106 Å². The highest BCUT2D eigenvalue weighted by Gasteiger charge is 2.03. The maximum atomic E-state index is 5.27. The summed E-state index contributed by atoms with van der Waals surface area (Å²) >= 11 is 0. The highest BCUT2D eigenvalue weighted by Crippen LogP contribution is 2.26. The van der Waals surface area contributed by atoms with Crippen LogP contribution in [0.4, 0.5) is 5.69 Å². The van der Waals surface area contributed by atoms with Crippen LogP contribution < -0.4 is 4.74 Å². The molecule has 0 aliphatic heterocycles. The molecule has 0 spiro atoms. The van der Waals surface area contributed by atoms with Crippen LogP contribution in [-0.2, 0) is 0 Å². The van der Waals surface area contributed by atoms with Gasteiger partial charge in [0.2, 0.25) is 0 Å². The number of hydrogen-bond acceptors (Lipinski definition) is 4. The van der Waals surface area contributed by atoms with Gasteiger partial charge >= 0.3 is 0 Å². The Hall–Kier alpha value is -2.23. The van der Waals surface area contributed by atoms with Gasteiger partial charge in [-0.2, -0.15) is 0 Å². The van der Waals surface area contributed by atoms with Gasteiger partial charge in [0.15, 0.2) is 0 Å². The molecule has 0 fully saturated rings. The average Bonchev–Trinajstić information content (AvgIpc) is 2.39. The second-order valence-corrected chi connectivity index (χ2v) is 3.86. The van der Waals surface area contributed by atoms with Gasteiger partial charge < -0.3 is 4.74 Å². The van der Waals surface area contributed by atoms with E-state index in [9.17, 15) is 0 Å². The van der Waals surface area contributed by atoms with E-state index in [1.54, 1.807) is 13.3 Å². The van der Waals surface area contributed by atoms with Crippen LogP contribution in [0.15, 0.2) is 41.5 Å². The Bertz CT molecular complexity index is 579. The molecule has 4 heteroatoms. The van der Waals surface area contributed by atoms with Crippen molar-refractivity contribution in [3.63, 3.8) is 0 Å². The number of benzene rings is 1. The quantitative estimate of drug-likeness (QED) is 0.776. The van der Waals surface area contributed by atoms with Crippen LogP contribution in [0, 0.1) is 6.92 Å². The van der Waals surface area contributed by atoms with Gasteiger partial charge in [-0.15, -0.1) is 0 Å². The Kier molecular flexibility index (Phi) is 3.67. The lowest BCUT2D eigenvalue weighted by Gasteiger charge is -2.05. The predicted octanol–water partition coefficient (Wildman–Crippen LogP) is 2.93. The molecule has 0 aliphatic rings. The molecule has 0 unspecified atom stereocenters. The molecule has 0 radical (unpaired) electrons. The molecule has 2 rings (SSSR count). The van der Waals surface area contributed by atoms with Crippen LogP contribution in [0.5, 0.6) is 5.75 Å². The summed E-state index contributed by atoms with van der Waals surface area (Å²) in [7, 11) is 1.64. The summed E-state index contributed by atoms with van der Waals surface area (Å²) in [5.74, 6) is 1.49. The lowest BCUT2D eigenvalue weighted by atomic mass is 10.2. The average molecular weight is 241 g/mol. The topological polar surface area (TPSA) is 47.4 Å². The number of rotatable bonds is 3. The van der Waals surface area contributed by atoms with Gasteiger partial charge in [0.05, 0.1) is 18.5 Å². The lowest BCUT2D eigenvalue weighted by molar-refractivity contribution is 0.416. The highest BCUT2D eigenvalue weighted by atomic mass is 16.5. The van der Waals surface area contributed by atoms with Crippen molar-refractivity contribution >= 4 is 11.4 Å². The molecule has 18 heavy (non-hydrogen) atoms. The molecule has 4 nitrogen and oxygen atoms in total. The molecule has 92 valence electrons. The van der Waals surface area contributed by atoms with Crippen LogP contribution >= 0.6 is 0 Å². The predicted molar refractivity (Wildman–Crippen MR) is 71.6 cm³/mol. The lowest BCUT2D eigenvalue weighted by Crippen LogP contribution is -2.00. The van der Waals surface area contributed by atoms with Gasteiger partial charge in [-0.3, -0.25) is 0 Å². The number of aromatic nitrogens is 2. The summed E-state index contributed by atoms with van der Waals surface area (Å²) in [4.78, 5) is 13.0. The van der Waals surface area contributed by atoms with E-state index in [-0.39, 0.29) is 0 Å². The summed E-state index contributed by atoms with van der Waals surface area (Å²) in [6.45, 7) is 3.79. The van der Waals surface area contributed by atoms with E-state index in [2.05, 4.69) is 15.0 Å². The summed E-state index contributed by atoms with van der Waals surface area (Å²) in [5, 5.41) is 0. The molecular weight excluding hydrogens is 226 g/mol. The molecule has 0 amide bonds. The minimum atomic E-state index is 0.738. The van der Waals surface area contributed by atoms with Crippen molar-refractivity contribution in [2.75, 3.05) is 7.11 Å². The molecule has 0 bridgehead atoms. The van der Waals surface area contributed by atoms with Crippen molar-refractivity contribution < 1.29 is 4.74 Å². The van der Waals surface area contributed by atoms with E-state index >= 15 is 0 Å². The Morgan fingerprint density at radius 2 is 2.00 bits per heavy atom. The minimum Gasteiger partial charge on any atom is -0.494 e. The largest absolute Gasteiger partial charge is 0.494 e. The third kappa shape index (κ3) is 2.71. The molecule has 0 N–H and O–H groups in total. The van der Waals surface area contributed by atoms with Crippen LogP contribution in [0.25, 0.3) is 0 Å². The molecule has 0 atom stereocenters. The maximum Gasteiger partial charge on any atom is 0.144 e. The van der Waals surface area contributed by atoms with Crippen LogP contribution in [-0.4, -0.2) is 22.8 Å². The van der Waals surface area contributed by atoms with Gasteiger partial charge in [0.25, 0.3) is 0 Å². The summed E-state index contributed by atoms with van der Waals surface area (Å²) in [6.07, 6.45) is 1.74. The van der Waals surface area contributed by atoms with Crippen LogP contribution in [0.2, 0.25) is 0 Å². The van der Waals surface area contributed by atoms with Crippen molar-refractivity contribution in [1.82, 2.24) is 9.97 Å². The number of para-hydroxylation sites is 2. The normalized spacial score (nSPS) is 11.4. The van der Waals surface area contributed by atoms with E-state index in [1.165, 1.54) is 0 Å². The molecular formula is C14H15N3O. The third-order valence-corrected chi connectivity index (χ3v) is 2.52. The van der Waals surface area contributed by atoms with Crippen LogP contribution in [0.3, 0.4) is 0 Å². The number of aryl methyl sites for hydroxylation is 1. The molecule has 0 saturated heterocycles. The van der Waals surface area contributed by atoms with E-state index < -0.39 is 0 Å². The molecule has 1 heterocycles. The minimum absolute atomic E-state index is 0.738. The van der Waals surface area contributed by atoms with E-state index in [1.807, 2.05) is 44.2 Å². The van der Waals surface area contributed by atoms with Crippen LogP contribution in [0.1, 0.15) is 18.4 Å². The first-order chi connectivity index (χ1) is 8.70. The first kappa shape index (κ1) is 12.2. The Morgan fingerprint density at radius 1 is 1.22 bits per heavy atom. The second-order valence-electron chi connectivity index (χ2n) is 3.86. The van der Waals surface area contributed by atoms with Gasteiger partial charge in [-0.1, -0.05) is 12.1 Å². The smallest absolute Gasteiger partial charge is 0.144 e. The zero-order chi connectivity index (χ0) is 13.0. The fourth-order valence-electron chi connectivity index (χ4n) is 1.62. The van der Waals surface area contributed by atoms with Crippen molar-refractivity contribution in [2.24, 2.45) is 4.99 Å². The standard InChI is InChI=1S/C14H15N3O/c1-10(12-8-9-15-11(2)17-12)16-13-6-4-5-7-14(13)18-3/h4-9H,1-3H3. The maximum absolute atomic E-state index is 5.27. The van der Waals surface area contributed by atoms with Crippen molar-refractivity contribution in [1.29, 1.82) is 0 Å². The highest BCUT2D eigenvalue weighted by molar-refractivity contribution is 5.98. The fraction of sp³-hybridized carbons (Fsp3) is 0.214. The van der Waals surface area contributed by atoms with Crippen molar-refractivity contribution in [3.8, 4) is 5.75 Å².